The van der Waals surface area contributed by atoms with E-state index in [-0.39, 0.29) is 0 Å². The SMILES string of the molecule is C1=C\CCCC/C=C/C=C/1. The quantitative estimate of drug-likeness (QED) is 0.477. The summed E-state index contributed by atoms with van der Waals surface area (Å²) >= 11 is 0. The van der Waals surface area contributed by atoms with Crippen LogP contribution in [0.2, 0.25) is 0 Å². The van der Waals surface area contributed by atoms with Crippen molar-refractivity contribution in [1.82, 2.24) is 0 Å². The highest BCUT2D eigenvalue weighted by molar-refractivity contribution is 5.11. The Bertz CT molecular complexity index is 131. The highest BCUT2D eigenvalue weighted by Crippen LogP contribution is 2.03. The minimum atomic E-state index is 1.23. The fourth-order valence-electron chi connectivity index (χ4n) is 1.00. The van der Waals surface area contributed by atoms with E-state index in [9.17, 15) is 0 Å². The van der Waals surface area contributed by atoms with Crippen LogP contribution in [0.5, 0.6) is 0 Å². The molecule has 10 heavy (non-hydrogen) atoms. The number of rotatable bonds is 0. The average Bonchev–Trinajstić information content (AvgIpc) is 2.01. The molecule has 0 heterocycles. The van der Waals surface area contributed by atoms with Gasteiger partial charge in [-0.15, -0.1) is 0 Å². The highest BCUT2D eigenvalue weighted by atomic mass is 13.9. The second-order valence-corrected chi connectivity index (χ2v) is 2.53. The Hall–Kier alpha value is -0.780. The van der Waals surface area contributed by atoms with Gasteiger partial charge in [0.2, 0.25) is 0 Å². The maximum atomic E-state index is 2.23. The summed E-state index contributed by atoms with van der Waals surface area (Å²) in [7, 11) is 0. The maximum Gasteiger partial charge on any atom is -0.0347 e. The van der Waals surface area contributed by atoms with E-state index >= 15 is 0 Å². The van der Waals surface area contributed by atoms with Crippen molar-refractivity contribution >= 4 is 0 Å². The van der Waals surface area contributed by atoms with Crippen LogP contribution in [0, 0.1) is 0 Å². The summed E-state index contributed by atoms with van der Waals surface area (Å²) in [5.74, 6) is 0. The molecule has 0 N–H and O–H groups in total. The van der Waals surface area contributed by atoms with Crippen molar-refractivity contribution in [2.24, 2.45) is 0 Å². The minimum absolute atomic E-state index is 1.23. The van der Waals surface area contributed by atoms with E-state index in [1.807, 2.05) is 0 Å². The van der Waals surface area contributed by atoms with E-state index in [0.717, 1.165) is 0 Å². The molecule has 0 aromatic heterocycles. The van der Waals surface area contributed by atoms with Gasteiger partial charge in [0.15, 0.2) is 0 Å². The smallest absolute Gasteiger partial charge is 0.0347 e. The van der Waals surface area contributed by atoms with Gasteiger partial charge in [0.05, 0.1) is 0 Å². The number of allylic oxidation sites excluding steroid dienone is 6. The van der Waals surface area contributed by atoms with Crippen LogP contribution in [-0.4, -0.2) is 0 Å². The lowest BCUT2D eigenvalue weighted by molar-refractivity contribution is 0.762. The van der Waals surface area contributed by atoms with Crippen molar-refractivity contribution in [1.29, 1.82) is 0 Å². The fraction of sp³-hybridized carbons (Fsp3) is 0.400. The summed E-state index contributed by atoms with van der Waals surface area (Å²) in [5.41, 5.74) is 0. The second-order valence-electron chi connectivity index (χ2n) is 2.53. The molecular formula is C10H14. The third kappa shape index (κ3) is 3.29. The Labute approximate surface area is 62.9 Å². The van der Waals surface area contributed by atoms with Crippen LogP contribution in [0.25, 0.3) is 0 Å². The second kappa shape index (κ2) is 5.04. The van der Waals surface area contributed by atoms with Crippen LogP contribution in [0.4, 0.5) is 0 Å². The van der Waals surface area contributed by atoms with Gasteiger partial charge in [0.1, 0.15) is 0 Å². The molecule has 1 aliphatic carbocycles. The fourth-order valence-corrected chi connectivity index (χ4v) is 1.00. The Morgan fingerprint density at radius 2 is 1.10 bits per heavy atom. The van der Waals surface area contributed by atoms with Crippen molar-refractivity contribution in [3.8, 4) is 0 Å². The third-order valence-corrected chi connectivity index (χ3v) is 1.60. The van der Waals surface area contributed by atoms with Gasteiger partial charge in [0.25, 0.3) is 0 Å². The normalized spacial score (nSPS) is 28.8. The third-order valence-electron chi connectivity index (χ3n) is 1.60. The molecule has 0 spiro atoms. The van der Waals surface area contributed by atoms with Crippen molar-refractivity contribution in [2.75, 3.05) is 0 Å². The molecule has 0 bridgehead atoms. The Balaban J connectivity index is 2.40. The largest absolute Gasteiger partial charge is 0.0845 e. The molecule has 0 radical (unpaired) electrons. The van der Waals surface area contributed by atoms with Gasteiger partial charge in [0, 0.05) is 0 Å². The molecule has 0 aromatic rings. The Morgan fingerprint density at radius 3 is 1.60 bits per heavy atom. The van der Waals surface area contributed by atoms with Crippen LogP contribution >= 0.6 is 0 Å². The molecule has 0 atom stereocenters. The zero-order valence-corrected chi connectivity index (χ0v) is 6.29. The van der Waals surface area contributed by atoms with Crippen LogP contribution in [0.15, 0.2) is 36.5 Å². The van der Waals surface area contributed by atoms with Crippen LogP contribution in [0.3, 0.4) is 0 Å². The summed E-state index contributed by atoms with van der Waals surface area (Å²) in [6.07, 6.45) is 18.0. The molecule has 0 saturated carbocycles. The van der Waals surface area contributed by atoms with E-state index in [0.29, 0.717) is 0 Å². The molecule has 0 unspecified atom stereocenters. The summed E-state index contributed by atoms with van der Waals surface area (Å²) in [6, 6.07) is 0. The molecule has 0 nitrogen and oxygen atoms in total. The predicted molar refractivity (Wildman–Crippen MR) is 45.9 cm³/mol. The lowest BCUT2D eigenvalue weighted by atomic mass is 10.1. The van der Waals surface area contributed by atoms with Gasteiger partial charge < -0.3 is 0 Å². The predicted octanol–water partition coefficient (Wildman–Crippen LogP) is 3.23. The van der Waals surface area contributed by atoms with Gasteiger partial charge in [-0.05, 0) is 25.7 Å². The van der Waals surface area contributed by atoms with Gasteiger partial charge in [-0.25, -0.2) is 0 Å². The molecule has 0 heteroatoms. The molecule has 1 rings (SSSR count). The van der Waals surface area contributed by atoms with Crippen LogP contribution < -0.4 is 0 Å². The zero-order valence-electron chi connectivity index (χ0n) is 6.29. The van der Waals surface area contributed by atoms with Crippen LogP contribution in [0.1, 0.15) is 25.7 Å². The van der Waals surface area contributed by atoms with E-state index in [2.05, 4.69) is 36.5 Å². The molecule has 0 aliphatic heterocycles. The summed E-state index contributed by atoms with van der Waals surface area (Å²) in [4.78, 5) is 0. The molecular weight excluding hydrogens is 120 g/mol. The first kappa shape index (κ1) is 7.33. The minimum Gasteiger partial charge on any atom is -0.0845 e. The van der Waals surface area contributed by atoms with E-state index < -0.39 is 0 Å². The molecule has 1 aliphatic rings. The van der Waals surface area contributed by atoms with Gasteiger partial charge >= 0.3 is 0 Å². The molecule has 0 amide bonds. The Morgan fingerprint density at radius 1 is 0.600 bits per heavy atom. The molecule has 0 fully saturated rings. The first-order valence-electron chi connectivity index (χ1n) is 3.98. The van der Waals surface area contributed by atoms with Crippen molar-refractivity contribution in [2.45, 2.75) is 25.7 Å². The number of hydrogen-bond acceptors (Lipinski definition) is 0. The summed E-state index contributed by atoms with van der Waals surface area (Å²) < 4.78 is 0. The molecule has 0 saturated heterocycles. The van der Waals surface area contributed by atoms with Crippen molar-refractivity contribution in [3.63, 3.8) is 0 Å². The lowest BCUT2D eigenvalue weighted by Gasteiger charge is -1.92. The first-order valence-corrected chi connectivity index (χ1v) is 3.98. The lowest BCUT2D eigenvalue weighted by Crippen LogP contribution is -1.72. The standard InChI is InChI=1S/C10H14/c1-2-4-6-8-10-9-7-5-3-1/h1-6H,7-10H2/b2-1+,5-3-,6-4+. The highest BCUT2D eigenvalue weighted by Gasteiger charge is 1.83. The molecule has 54 valence electrons. The van der Waals surface area contributed by atoms with Crippen molar-refractivity contribution < 1.29 is 0 Å². The van der Waals surface area contributed by atoms with E-state index in [1.165, 1.54) is 25.7 Å². The number of hydrogen-bond donors (Lipinski definition) is 0. The topological polar surface area (TPSA) is 0 Å². The van der Waals surface area contributed by atoms with Crippen molar-refractivity contribution in [3.05, 3.63) is 36.5 Å². The summed E-state index contributed by atoms with van der Waals surface area (Å²) in [5, 5.41) is 0. The van der Waals surface area contributed by atoms with Crippen LogP contribution in [-0.2, 0) is 0 Å². The first-order chi connectivity index (χ1) is 5.00. The zero-order chi connectivity index (χ0) is 7.07. The summed E-state index contributed by atoms with van der Waals surface area (Å²) in [6.45, 7) is 0. The van der Waals surface area contributed by atoms with E-state index in [4.69, 9.17) is 0 Å². The Kier molecular flexibility index (Phi) is 3.69. The maximum absolute atomic E-state index is 2.23. The van der Waals surface area contributed by atoms with Gasteiger partial charge in [-0.2, -0.15) is 0 Å². The van der Waals surface area contributed by atoms with Gasteiger partial charge in [-0.1, -0.05) is 36.5 Å². The van der Waals surface area contributed by atoms with Gasteiger partial charge in [-0.3, -0.25) is 0 Å². The average molecular weight is 134 g/mol. The molecule has 0 aromatic carbocycles. The van der Waals surface area contributed by atoms with E-state index in [1.54, 1.807) is 0 Å². The monoisotopic (exact) mass is 134 g/mol.